The van der Waals surface area contributed by atoms with Crippen molar-refractivity contribution in [1.29, 1.82) is 0 Å². The molecule has 0 saturated carbocycles. The summed E-state index contributed by atoms with van der Waals surface area (Å²) in [5.41, 5.74) is 3.01. The Balaban J connectivity index is 1.36. The first kappa shape index (κ1) is 23.3. The van der Waals surface area contributed by atoms with Gasteiger partial charge >= 0.3 is 0 Å². The topological polar surface area (TPSA) is 105 Å². The Morgan fingerprint density at radius 2 is 1.89 bits per heavy atom. The second-order valence-corrected chi connectivity index (χ2v) is 10.2. The maximum absolute atomic E-state index is 6.53. The van der Waals surface area contributed by atoms with E-state index in [1.54, 1.807) is 6.20 Å². The van der Waals surface area contributed by atoms with Crippen LogP contribution < -0.4 is 15.5 Å². The van der Waals surface area contributed by atoms with Crippen LogP contribution in [0.25, 0.3) is 11.0 Å². The summed E-state index contributed by atoms with van der Waals surface area (Å²) in [4.78, 5) is 20.3. The van der Waals surface area contributed by atoms with E-state index in [0.29, 0.717) is 40.2 Å². The first-order chi connectivity index (χ1) is 16.9. The quantitative estimate of drug-likeness (QED) is 0.350. The van der Waals surface area contributed by atoms with Crippen molar-refractivity contribution in [3.05, 3.63) is 53.1 Å². The minimum absolute atomic E-state index is 0.0952. The first-order valence-corrected chi connectivity index (χ1v) is 12.2. The van der Waals surface area contributed by atoms with Gasteiger partial charge in [-0.3, -0.25) is 0 Å². The van der Waals surface area contributed by atoms with Crippen LogP contribution in [0.4, 0.5) is 23.3 Å². The number of rotatable bonds is 6. The van der Waals surface area contributed by atoms with Gasteiger partial charge in [-0.05, 0) is 37.0 Å². The van der Waals surface area contributed by atoms with E-state index in [-0.39, 0.29) is 5.41 Å². The van der Waals surface area contributed by atoms with E-state index in [1.807, 2.05) is 24.3 Å². The van der Waals surface area contributed by atoms with Crippen molar-refractivity contribution in [1.82, 2.24) is 25.1 Å². The molecular formula is C25H29ClN8O. The molecule has 3 aromatic heterocycles. The highest BCUT2D eigenvalue weighted by molar-refractivity contribution is 6.33. The van der Waals surface area contributed by atoms with Crippen molar-refractivity contribution in [2.75, 3.05) is 28.6 Å². The lowest BCUT2D eigenvalue weighted by molar-refractivity contribution is 0.330. The monoisotopic (exact) mass is 492 g/mol. The van der Waals surface area contributed by atoms with Crippen LogP contribution in [-0.2, 0) is 12.0 Å². The second-order valence-electron chi connectivity index (χ2n) is 9.79. The molecule has 0 aliphatic carbocycles. The lowest BCUT2D eigenvalue weighted by Crippen LogP contribution is -2.31. The van der Waals surface area contributed by atoms with Crippen LogP contribution in [0.2, 0.25) is 5.02 Å². The maximum Gasteiger partial charge on any atom is 0.226 e. The standard InChI is InChI=1S/C25H29ClN8O/c1-25(2,3)20-12-21(33-35-20)27-13-16-7-8-17(26)18(11-16)31-23-22-19(29-15-30-23)14-28-24(32-22)34-9-5-4-6-10-34/h7-8,11-12,14-15H,4-6,9-10,13H2,1-3H3,(H,27,33)(H,29,30,31). The summed E-state index contributed by atoms with van der Waals surface area (Å²) in [6.07, 6.45) is 6.81. The van der Waals surface area contributed by atoms with Crippen LogP contribution in [0, 0.1) is 0 Å². The average Bonchev–Trinajstić information content (AvgIpc) is 3.35. The van der Waals surface area contributed by atoms with Gasteiger partial charge in [0.25, 0.3) is 0 Å². The van der Waals surface area contributed by atoms with Gasteiger partial charge in [0.2, 0.25) is 5.95 Å². The summed E-state index contributed by atoms with van der Waals surface area (Å²) in [5.74, 6) is 2.83. The van der Waals surface area contributed by atoms with Gasteiger partial charge in [0, 0.05) is 31.1 Å². The van der Waals surface area contributed by atoms with E-state index >= 15 is 0 Å². The molecule has 1 aliphatic rings. The van der Waals surface area contributed by atoms with E-state index in [2.05, 4.69) is 56.4 Å². The summed E-state index contributed by atoms with van der Waals surface area (Å²) in [5, 5.41) is 11.4. The molecule has 5 rings (SSSR count). The van der Waals surface area contributed by atoms with Crippen LogP contribution in [0.5, 0.6) is 0 Å². The second kappa shape index (κ2) is 9.65. The molecule has 4 heterocycles. The lowest BCUT2D eigenvalue weighted by Gasteiger charge is -2.26. The predicted octanol–water partition coefficient (Wildman–Crippen LogP) is 5.70. The molecule has 1 aliphatic heterocycles. The number of nitrogens with zero attached hydrogens (tertiary/aromatic N) is 6. The summed E-state index contributed by atoms with van der Waals surface area (Å²) >= 11 is 6.53. The molecule has 9 nitrogen and oxygen atoms in total. The molecule has 0 amide bonds. The fourth-order valence-electron chi connectivity index (χ4n) is 3.99. The Labute approximate surface area is 209 Å². The highest BCUT2D eigenvalue weighted by Crippen LogP contribution is 2.30. The number of aromatic nitrogens is 5. The average molecular weight is 493 g/mol. The summed E-state index contributed by atoms with van der Waals surface area (Å²) < 4.78 is 5.46. The smallest absolute Gasteiger partial charge is 0.226 e. The number of halogens is 1. The number of hydrogen-bond acceptors (Lipinski definition) is 9. The minimum atomic E-state index is -0.0952. The van der Waals surface area contributed by atoms with E-state index in [1.165, 1.54) is 12.7 Å². The van der Waals surface area contributed by atoms with Crippen LogP contribution in [0.1, 0.15) is 51.4 Å². The zero-order chi connectivity index (χ0) is 24.4. The lowest BCUT2D eigenvalue weighted by atomic mass is 9.93. The molecule has 2 N–H and O–H groups in total. The Bertz CT molecular complexity index is 1330. The Kier molecular flexibility index (Phi) is 6.42. The normalized spacial score (nSPS) is 14.3. The van der Waals surface area contributed by atoms with Crippen molar-refractivity contribution in [3.8, 4) is 0 Å². The molecule has 4 aromatic rings. The third-order valence-electron chi connectivity index (χ3n) is 6.01. The van der Waals surface area contributed by atoms with Crippen LogP contribution in [0.15, 0.2) is 41.3 Å². The molecule has 10 heteroatoms. The Hall–Kier alpha value is -3.46. The fourth-order valence-corrected chi connectivity index (χ4v) is 4.16. The van der Waals surface area contributed by atoms with Gasteiger partial charge in [0.15, 0.2) is 11.6 Å². The van der Waals surface area contributed by atoms with Gasteiger partial charge in [0.05, 0.1) is 16.9 Å². The SMILES string of the molecule is CC(C)(C)c1cc(NCc2ccc(Cl)c(Nc3ncnc4cnc(N5CCCCC5)nc34)c2)no1. The van der Waals surface area contributed by atoms with Gasteiger partial charge in [-0.1, -0.05) is 43.6 Å². The first-order valence-electron chi connectivity index (χ1n) is 11.9. The number of nitrogens with one attached hydrogen (secondary N) is 2. The van der Waals surface area contributed by atoms with Crippen LogP contribution >= 0.6 is 11.6 Å². The molecule has 35 heavy (non-hydrogen) atoms. The Morgan fingerprint density at radius 1 is 1.06 bits per heavy atom. The zero-order valence-electron chi connectivity index (χ0n) is 20.2. The van der Waals surface area contributed by atoms with E-state index in [4.69, 9.17) is 21.1 Å². The van der Waals surface area contributed by atoms with Crippen molar-refractivity contribution in [2.24, 2.45) is 0 Å². The molecule has 1 aromatic carbocycles. The van der Waals surface area contributed by atoms with Crippen LogP contribution in [0.3, 0.4) is 0 Å². The number of fused-ring (bicyclic) bond motifs is 1. The van der Waals surface area contributed by atoms with E-state index in [0.717, 1.165) is 42.9 Å². The van der Waals surface area contributed by atoms with Crippen LogP contribution in [-0.4, -0.2) is 38.2 Å². The van der Waals surface area contributed by atoms with Crippen molar-refractivity contribution >= 4 is 45.9 Å². The summed E-state index contributed by atoms with van der Waals surface area (Å²) in [6.45, 7) is 8.76. The van der Waals surface area contributed by atoms with Crippen molar-refractivity contribution in [2.45, 2.75) is 52.0 Å². The maximum atomic E-state index is 6.53. The van der Waals surface area contributed by atoms with Gasteiger partial charge in [-0.15, -0.1) is 0 Å². The minimum Gasteiger partial charge on any atom is -0.363 e. The summed E-state index contributed by atoms with van der Waals surface area (Å²) in [7, 11) is 0. The molecule has 0 unspecified atom stereocenters. The highest BCUT2D eigenvalue weighted by Gasteiger charge is 2.20. The molecular weight excluding hydrogens is 464 g/mol. The molecule has 0 spiro atoms. The summed E-state index contributed by atoms with van der Waals surface area (Å²) in [6, 6.07) is 7.75. The number of anilines is 4. The van der Waals surface area contributed by atoms with Gasteiger partial charge in [-0.2, -0.15) is 0 Å². The molecule has 182 valence electrons. The third-order valence-corrected chi connectivity index (χ3v) is 6.34. The van der Waals surface area contributed by atoms with Crippen molar-refractivity contribution in [3.63, 3.8) is 0 Å². The van der Waals surface area contributed by atoms with Gasteiger partial charge in [0.1, 0.15) is 23.1 Å². The molecule has 0 atom stereocenters. The molecule has 1 saturated heterocycles. The number of piperidine rings is 1. The molecule has 0 radical (unpaired) electrons. The number of hydrogen-bond donors (Lipinski definition) is 2. The molecule has 1 fully saturated rings. The third kappa shape index (κ3) is 5.30. The Morgan fingerprint density at radius 3 is 2.66 bits per heavy atom. The van der Waals surface area contributed by atoms with Gasteiger partial charge in [-0.25, -0.2) is 19.9 Å². The van der Waals surface area contributed by atoms with Gasteiger partial charge < -0.3 is 20.1 Å². The van der Waals surface area contributed by atoms with E-state index in [9.17, 15) is 0 Å². The molecule has 0 bridgehead atoms. The zero-order valence-corrected chi connectivity index (χ0v) is 20.9. The van der Waals surface area contributed by atoms with Crippen molar-refractivity contribution < 1.29 is 4.52 Å². The predicted molar refractivity (Wildman–Crippen MR) is 138 cm³/mol. The fraction of sp³-hybridized carbons (Fsp3) is 0.400. The number of benzene rings is 1. The van der Waals surface area contributed by atoms with E-state index < -0.39 is 0 Å². The largest absolute Gasteiger partial charge is 0.363 e. The highest BCUT2D eigenvalue weighted by atomic mass is 35.5.